The predicted molar refractivity (Wildman–Crippen MR) is 34.0 cm³/mol. The molecule has 0 aliphatic carbocycles. The van der Waals surface area contributed by atoms with Crippen molar-refractivity contribution in [2.24, 2.45) is 5.73 Å². The van der Waals surface area contributed by atoms with Gasteiger partial charge in [0.25, 0.3) is 0 Å². The lowest BCUT2D eigenvalue weighted by atomic mass is 9.99. The van der Waals surface area contributed by atoms with Gasteiger partial charge in [-0.1, -0.05) is 0 Å². The fraction of sp³-hybridized carbons (Fsp3) is 1.00. The van der Waals surface area contributed by atoms with Crippen LogP contribution in [0.25, 0.3) is 0 Å². The van der Waals surface area contributed by atoms with E-state index in [1.807, 2.05) is 13.8 Å². The summed E-state index contributed by atoms with van der Waals surface area (Å²) in [6.45, 7) is 4.13. The number of hydrogen-bond donors (Lipinski definition) is 2. The minimum atomic E-state index is -0.486. The lowest BCUT2D eigenvalue weighted by molar-refractivity contribution is 0.0254. The van der Waals surface area contributed by atoms with Crippen LogP contribution in [0.3, 0.4) is 0 Å². The van der Waals surface area contributed by atoms with Gasteiger partial charge in [-0.05, 0) is 13.8 Å². The van der Waals surface area contributed by atoms with Crippen LogP contribution in [0.4, 0.5) is 0 Å². The number of ether oxygens (including phenoxy) is 1. The quantitative estimate of drug-likeness (QED) is 0.465. The van der Waals surface area contributed by atoms with Crippen LogP contribution in [0.2, 0.25) is 0 Å². The monoisotopic (exact) mass is 131 g/mol. The molecule has 1 fully saturated rings. The first kappa shape index (κ1) is 6.99. The molecule has 0 aromatic heterocycles. The van der Waals surface area contributed by atoms with Crippen molar-refractivity contribution in [2.45, 2.75) is 31.6 Å². The van der Waals surface area contributed by atoms with Gasteiger partial charge >= 0.3 is 0 Å². The summed E-state index contributed by atoms with van der Waals surface area (Å²) < 4.78 is 5.19. The second kappa shape index (κ2) is 1.94. The second-order valence-corrected chi connectivity index (χ2v) is 3.01. The molecule has 0 amide bonds. The van der Waals surface area contributed by atoms with Gasteiger partial charge in [-0.25, -0.2) is 0 Å². The molecule has 9 heavy (non-hydrogen) atoms. The summed E-state index contributed by atoms with van der Waals surface area (Å²) in [7, 11) is 0. The summed E-state index contributed by atoms with van der Waals surface area (Å²) in [4.78, 5) is 0. The Morgan fingerprint density at radius 1 is 1.67 bits per heavy atom. The molecule has 2 unspecified atom stereocenters. The highest BCUT2D eigenvalue weighted by molar-refractivity contribution is 4.93. The SMILES string of the molecule is CC1(C)OCC(O)C1N. The van der Waals surface area contributed by atoms with Crippen molar-refractivity contribution in [3.63, 3.8) is 0 Å². The van der Waals surface area contributed by atoms with Crippen molar-refractivity contribution in [1.29, 1.82) is 0 Å². The van der Waals surface area contributed by atoms with E-state index in [0.29, 0.717) is 6.61 Å². The standard InChI is InChI=1S/C6H13NO2/c1-6(2)5(7)4(8)3-9-6/h4-5,8H,3,7H2,1-2H3. The number of aliphatic hydroxyl groups is 1. The van der Waals surface area contributed by atoms with Crippen LogP contribution in [0.1, 0.15) is 13.8 Å². The third-order valence-electron chi connectivity index (χ3n) is 1.84. The highest BCUT2D eigenvalue weighted by Gasteiger charge is 2.39. The zero-order valence-electron chi connectivity index (χ0n) is 5.79. The van der Waals surface area contributed by atoms with Crippen molar-refractivity contribution in [2.75, 3.05) is 6.61 Å². The Labute approximate surface area is 54.8 Å². The maximum atomic E-state index is 9.08. The largest absolute Gasteiger partial charge is 0.389 e. The molecule has 3 N–H and O–H groups in total. The van der Waals surface area contributed by atoms with Gasteiger partial charge in [-0.15, -0.1) is 0 Å². The summed E-state index contributed by atoms with van der Waals surface area (Å²) in [6.07, 6.45) is -0.486. The topological polar surface area (TPSA) is 55.5 Å². The minimum Gasteiger partial charge on any atom is -0.389 e. The van der Waals surface area contributed by atoms with Crippen molar-refractivity contribution in [3.8, 4) is 0 Å². The fourth-order valence-corrected chi connectivity index (χ4v) is 0.963. The summed E-state index contributed by atoms with van der Waals surface area (Å²) >= 11 is 0. The van der Waals surface area contributed by atoms with Crippen LogP contribution in [0.5, 0.6) is 0 Å². The maximum Gasteiger partial charge on any atom is 0.0952 e. The highest BCUT2D eigenvalue weighted by Crippen LogP contribution is 2.22. The van der Waals surface area contributed by atoms with Crippen LogP contribution in [-0.2, 0) is 4.74 Å². The van der Waals surface area contributed by atoms with E-state index in [9.17, 15) is 0 Å². The summed E-state index contributed by atoms with van der Waals surface area (Å²) in [5.74, 6) is 0. The Hall–Kier alpha value is -0.120. The molecule has 1 heterocycles. The Balaban J connectivity index is 2.62. The molecule has 0 saturated carbocycles. The number of hydrogen-bond acceptors (Lipinski definition) is 3. The Morgan fingerprint density at radius 2 is 2.22 bits per heavy atom. The molecular weight excluding hydrogens is 118 g/mol. The van der Waals surface area contributed by atoms with Crippen LogP contribution in [0, 0.1) is 0 Å². The molecule has 0 radical (unpaired) electrons. The van der Waals surface area contributed by atoms with Gasteiger partial charge in [-0.2, -0.15) is 0 Å². The molecule has 0 aromatic rings. The van der Waals surface area contributed by atoms with E-state index in [4.69, 9.17) is 15.6 Å². The zero-order chi connectivity index (χ0) is 7.07. The molecule has 1 aliphatic heterocycles. The predicted octanol–water partition coefficient (Wildman–Crippen LogP) is -0.517. The Morgan fingerprint density at radius 3 is 2.33 bits per heavy atom. The first-order valence-electron chi connectivity index (χ1n) is 3.11. The Bertz CT molecular complexity index is 114. The molecule has 3 nitrogen and oxygen atoms in total. The minimum absolute atomic E-state index is 0.238. The molecule has 2 atom stereocenters. The molecule has 1 saturated heterocycles. The van der Waals surface area contributed by atoms with Gasteiger partial charge in [0.15, 0.2) is 0 Å². The van der Waals surface area contributed by atoms with E-state index in [1.165, 1.54) is 0 Å². The first-order valence-corrected chi connectivity index (χ1v) is 3.11. The number of rotatable bonds is 0. The van der Waals surface area contributed by atoms with Gasteiger partial charge in [-0.3, -0.25) is 0 Å². The van der Waals surface area contributed by atoms with E-state index in [1.54, 1.807) is 0 Å². The van der Waals surface area contributed by atoms with E-state index >= 15 is 0 Å². The van der Waals surface area contributed by atoms with Gasteiger partial charge in [0, 0.05) is 0 Å². The third-order valence-corrected chi connectivity index (χ3v) is 1.84. The van der Waals surface area contributed by atoms with Gasteiger partial charge in [0.05, 0.1) is 24.4 Å². The van der Waals surface area contributed by atoms with Crippen molar-refractivity contribution < 1.29 is 9.84 Å². The van der Waals surface area contributed by atoms with Crippen LogP contribution in [-0.4, -0.2) is 29.5 Å². The van der Waals surface area contributed by atoms with Gasteiger partial charge in [0.2, 0.25) is 0 Å². The van der Waals surface area contributed by atoms with Crippen LogP contribution < -0.4 is 5.73 Å². The molecule has 0 bridgehead atoms. The maximum absolute atomic E-state index is 9.08. The summed E-state index contributed by atoms with van der Waals surface area (Å²) in [5, 5.41) is 9.08. The molecule has 1 rings (SSSR count). The van der Waals surface area contributed by atoms with E-state index in [-0.39, 0.29) is 11.6 Å². The zero-order valence-corrected chi connectivity index (χ0v) is 5.79. The molecule has 3 heteroatoms. The molecule has 1 aliphatic rings. The average Bonchev–Trinajstić information content (AvgIpc) is 1.97. The molecular formula is C6H13NO2. The third kappa shape index (κ3) is 1.08. The van der Waals surface area contributed by atoms with Gasteiger partial charge < -0.3 is 15.6 Å². The Kier molecular flexibility index (Phi) is 1.50. The van der Waals surface area contributed by atoms with E-state index < -0.39 is 6.10 Å². The average molecular weight is 131 g/mol. The first-order chi connectivity index (χ1) is 4.04. The van der Waals surface area contributed by atoms with E-state index in [0.717, 1.165) is 0 Å². The lowest BCUT2D eigenvalue weighted by Gasteiger charge is -2.22. The second-order valence-electron chi connectivity index (χ2n) is 3.01. The fourth-order valence-electron chi connectivity index (χ4n) is 0.963. The smallest absolute Gasteiger partial charge is 0.0952 e. The highest BCUT2D eigenvalue weighted by atomic mass is 16.5. The summed E-state index contributed by atoms with van der Waals surface area (Å²) in [6, 6.07) is -0.238. The van der Waals surface area contributed by atoms with Crippen LogP contribution >= 0.6 is 0 Å². The van der Waals surface area contributed by atoms with Gasteiger partial charge in [0.1, 0.15) is 0 Å². The van der Waals surface area contributed by atoms with Crippen molar-refractivity contribution >= 4 is 0 Å². The van der Waals surface area contributed by atoms with Crippen molar-refractivity contribution in [3.05, 3.63) is 0 Å². The van der Waals surface area contributed by atoms with E-state index in [2.05, 4.69) is 0 Å². The lowest BCUT2D eigenvalue weighted by Crippen LogP contribution is -2.45. The number of nitrogens with two attached hydrogens (primary N) is 1. The molecule has 0 spiro atoms. The number of aliphatic hydroxyl groups excluding tert-OH is 1. The van der Waals surface area contributed by atoms with Crippen molar-refractivity contribution in [1.82, 2.24) is 0 Å². The normalized spacial score (nSPS) is 41.3. The molecule has 0 aromatic carbocycles. The molecule has 54 valence electrons. The van der Waals surface area contributed by atoms with Crippen LogP contribution in [0.15, 0.2) is 0 Å². The summed E-state index contributed by atoms with van der Waals surface area (Å²) in [5.41, 5.74) is 5.23.